The van der Waals surface area contributed by atoms with E-state index in [1.165, 1.54) is 12.1 Å². The van der Waals surface area contributed by atoms with Gasteiger partial charge in [0.15, 0.2) is 0 Å². The van der Waals surface area contributed by atoms with Gasteiger partial charge in [0.05, 0.1) is 5.56 Å². The lowest BCUT2D eigenvalue weighted by atomic mass is 9.98. The monoisotopic (exact) mass is 414 g/mol. The molecule has 4 nitrogen and oxygen atoms in total. The average Bonchev–Trinajstić information content (AvgIpc) is 2.69. The second-order valence-corrected chi connectivity index (χ2v) is 7.45. The molecule has 1 fully saturated rings. The Labute approximate surface area is 172 Å². The maximum absolute atomic E-state index is 12.7. The summed E-state index contributed by atoms with van der Waals surface area (Å²) in [5.41, 5.74) is -0.115. The number of amides is 1. The number of hydrogen-bond donors (Lipinski definition) is 1. The van der Waals surface area contributed by atoms with Crippen LogP contribution >= 0.6 is 0 Å². The smallest absolute Gasteiger partial charge is 0.416 e. The first-order valence-corrected chi connectivity index (χ1v) is 9.67. The first kappa shape index (κ1) is 20.2. The molecule has 0 unspecified atom stereocenters. The van der Waals surface area contributed by atoms with Crippen molar-refractivity contribution in [3.8, 4) is 11.5 Å². The number of rotatable bonds is 5. The fourth-order valence-corrected chi connectivity index (χ4v) is 3.65. The topological polar surface area (TPSA) is 41.6 Å². The first-order valence-electron chi connectivity index (χ1n) is 9.67. The van der Waals surface area contributed by atoms with Crippen LogP contribution in [0.15, 0.2) is 60.7 Å². The summed E-state index contributed by atoms with van der Waals surface area (Å²) >= 11 is 0. The number of alkyl halides is 3. The zero-order valence-electron chi connectivity index (χ0n) is 16.4. The number of likely N-dealkylation sites (tertiary alicyclic amines) is 1. The van der Waals surface area contributed by atoms with Crippen LogP contribution in [0.2, 0.25) is 0 Å². The van der Waals surface area contributed by atoms with E-state index in [1.807, 2.05) is 30.1 Å². The van der Waals surface area contributed by atoms with Crippen LogP contribution < -0.4 is 10.1 Å². The molecule has 1 amide bonds. The molecule has 1 aliphatic rings. The van der Waals surface area contributed by atoms with E-state index in [1.54, 1.807) is 18.2 Å². The van der Waals surface area contributed by atoms with Crippen LogP contribution in [-0.2, 0) is 6.18 Å². The predicted octanol–water partition coefficient (Wildman–Crippen LogP) is 4.94. The van der Waals surface area contributed by atoms with Gasteiger partial charge in [0.1, 0.15) is 11.5 Å². The van der Waals surface area contributed by atoms with Crippen molar-refractivity contribution in [2.45, 2.75) is 6.18 Å². The van der Waals surface area contributed by atoms with Gasteiger partial charge in [-0.1, -0.05) is 12.1 Å². The number of hydrogen-bond acceptors (Lipinski definition) is 3. The van der Waals surface area contributed by atoms with Gasteiger partial charge >= 0.3 is 6.18 Å². The maximum Gasteiger partial charge on any atom is 0.416 e. The summed E-state index contributed by atoms with van der Waals surface area (Å²) in [7, 11) is 1.90. The first-order chi connectivity index (χ1) is 14.3. The largest absolute Gasteiger partial charge is 0.457 e. The van der Waals surface area contributed by atoms with Crippen molar-refractivity contribution >= 4 is 16.7 Å². The molecule has 4 rings (SSSR count). The number of nitrogens with zero attached hydrogens (tertiary/aromatic N) is 1. The van der Waals surface area contributed by atoms with Crippen molar-refractivity contribution in [3.63, 3.8) is 0 Å². The highest BCUT2D eigenvalue weighted by atomic mass is 19.4. The standard InChI is InChI=1S/C23H21F3N2O2/c1-27-12-15-13-28(14-15)22(29)17-5-10-20-16(11-17)3-2-4-21(20)30-19-8-6-18(7-9-19)23(24,25)26/h2-11,15,27H,12-14H2,1H3. The minimum atomic E-state index is -4.38. The Morgan fingerprint density at radius 3 is 2.50 bits per heavy atom. The van der Waals surface area contributed by atoms with Gasteiger partial charge in [-0.25, -0.2) is 0 Å². The van der Waals surface area contributed by atoms with Crippen molar-refractivity contribution in [1.29, 1.82) is 0 Å². The molecule has 0 spiro atoms. The third-order valence-corrected chi connectivity index (χ3v) is 5.23. The highest BCUT2D eigenvalue weighted by molar-refractivity contribution is 6.00. The lowest BCUT2D eigenvalue weighted by Gasteiger charge is -2.39. The van der Waals surface area contributed by atoms with Crippen LogP contribution in [-0.4, -0.2) is 37.5 Å². The Balaban J connectivity index is 1.52. The number of nitrogens with one attached hydrogen (secondary N) is 1. The summed E-state index contributed by atoms with van der Waals surface area (Å²) in [6, 6.07) is 15.4. The highest BCUT2D eigenvalue weighted by Gasteiger charge is 2.31. The zero-order valence-corrected chi connectivity index (χ0v) is 16.4. The van der Waals surface area contributed by atoms with Crippen molar-refractivity contribution < 1.29 is 22.7 Å². The van der Waals surface area contributed by atoms with Gasteiger partial charge in [-0.2, -0.15) is 13.2 Å². The van der Waals surface area contributed by atoms with Crippen molar-refractivity contribution in [1.82, 2.24) is 10.2 Å². The SMILES string of the molecule is CNCC1CN(C(=O)c2ccc3c(Oc4ccc(C(F)(F)F)cc4)cccc3c2)C1. The summed E-state index contributed by atoms with van der Waals surface area (Å²) in [6.45, 7) is 2.38. The van der Waals surface area contributed by atoms with E-state index >= 15 is 0 Å². The second kappa shape index (κ2) is 7.99. The number of fused-ring (bicyclic) bond motifs is 1. The number of carbonyl (C=O) groups is 1. The molecule has 0 atom stereocenters. The average molecular weight is 414 g/mol. The summed E-state index contributed by atoms with van der Waals surface area (Å²) in [6.07, 6.45) is -4.38. The minimum Gasteiger partial charge on any atom is -0.457 e. The molecule has 1 saturated heterocycles. The normalized spacial score (nSPS) is 14.6. The van der Waals surface area contributed by atoms with Crippen molar-refractivity contribution in [3.05, 3.63) is 71.8 Å². The van der Waals surface area contributed by atoms with E-state index in [4.69, 9.17) is 4.74 Å². The van der Waals surface area contributed by atoms with E-state index < -0.39 is 11.7 Å². The molecule has 30 heavy (non-hydrogen) atoms. The zero-order chi connectivity index (χ0) is 21.3. The van der Waals surface area contributed by atoms with Crippen LogP contribution in [0.3, 0.4) is 0 Å². The quantitative estimate of drug-likeness (QED) is 0.643. The Bertz CT molecular complexity index is 1060. The molecular formula is C23H21F3N2O2. The summed E-state index contributed by atoms with van der Waals surface area (Å²) in [5, 5.41) is 4.74. The third-order valence-electron chi connectivity index (χ3n) is 5.23. The Hall–Kier alpha value is -3.06. The molecule has 1 heterocycles. The number of benzene rings is 3. The predicted molar refractivity (Wildman–Crippen MR) is 109 cm³/mol. The molecule has 1 N–H and O–H groups in total. The van der Waals surface area contributed by atoms with Crippen LogP contribution in [0.5, 0.6) is 11.5 Å². The minimum absolute atomic E-state index is 0.00156. The summed E-state index contributed by atoms with van der Waals surface area (Å²) < 4.78 is 44.0. The van der Waals surface area contributed by atoms with E-state index in [0.717, 1.165) is 42.5 Å². The molecule has 3 aromatic rings. The fourth-order valence-electron chi connectivity index (χ4n) is 3.65. The summed E-state index contributed by atoms with van der Waals surface area (Å²) in [5.74, 6) is 1.32. The molecule has 0 bridgehead atoms. The third kappa shape index (κ3) is 4.11. The van der Waals surface area contributed by atoms with Crippen LogP contribution in [0, 0.1) is 5.92 Å². The highest BCUT2D eigenvalue weighted by Crippen LogP contribution is 2.34. The second-order valence-electron chi connectivity index (χ2n) is 7.45. The molecule has 0 aromatic heterocycles. The molecule has 0 aliphatic carbocycles. The molecular weight excluding hydrogens is 393 g/mol. The van der Waals surface area contributed by atoms with E-state index in [0.29, 0.717) is 23.0 Å². The van der Waals surface area contributed by atoms with E-state index in [9.17, 15) is 18.0 Å². The van der Waals surface area contributed by atoms with Gasteiger partial charge < -0.3 is 15.0 Å². The van der Waals surface area contributed by atoms with E-state index in [-0.39, 0.29) is 5.91 Å². The number of ether oxygens (including phenoxy) is 1. The van der Waals surface area contributed by atoms with Gasteiger partial charge in [0, 0.05) is 36.5 Å². The van der Waals surface area contributed by atoms with Gasteiger partial charge in [-0.05, 0) is 61.0 Å². The Morgan fingerprint density at radius 2 is 1.83 bits per heavy atom. The van der Waals surface area contributed by atoms with Gasteiger partial charge in [0.25, 0.3) is 5.91 Å². The fraction of sp³-hybridized carbons (Fsp3) is 0.261. The molecule has 0 saturated carbocycles. The van der Waals surface area contributed by atoms with Crippen molar-refractivity contribution in [2.24, 2.45) is 5.92 Å². The molecule has 0 radical (unpaired) electrons. The van der Waals surface area contributed by atoms with Crippen LogP contribution in [0.25, 0.3) is 10.8 Å². The Kier molecular flexibility index (Phi) is 5.39. The van der Waals surface area contributed by atoms with Gasteiger partial charge in [-0.15, -0.1) is 0 Å². The maximum atomic E-state index is 12.7. The number of halogens is 3. The molecule has 156 valence electrons. The lowest BCUT2D eigenvalue weighted by Crippen LogP contribution is -2.52. The van der Waals surface area contributed by atoms with Crippen LogP contribution in [0.4, 0.5) is 13.2 Å². The Morgan fingerprint density at radius 1 is 1.10 bits per heavy atom. The van der Waals surface area contributed by atoms with Gasteiger partial charge in [-0.3, -0.25) is 4.79 Å². The molecule has 1 aliphatic heterocycles. The lowest BCUT2D eigenvalue weighted by molar-refractivity contribution is -0.137. The van der Waals surface area contributed by atoms with E-state index in [2.05, 4.69) is 5.32 Å². The molecule has 3 aromatic carbocycles. The molecule has 7 heteroatoms. The van der Waals surface area contributed by atoms with Crippen LogP contribution in [0.1, 0.15) is 15.9 Å². The van der Waals surface area contributed by atoms with Gasteiger partial charge in [0.2, 0.25) is 0 Å². The van der Waals surface area contributed by atoms with Crippen molar-refractivity contribution in [2.75, 3.05) is 26.7 Å². The number of carbonyl (C=O) groups excluding carboxylic acids is 1. The summed E-state index contributed by atoms with van der Waals surface area (Å²) in [4.78, 5) is 14.5.